The van der Waals surface area contributed by atoms with Crippen molar-refractivity contribution in [3.8, 4) is 16.9 Å². The summed E-state index contributed by atoms with van der Waals surface area (Å²) < 4.78 is 5.49. The Kier molecular flexibility index (Phi) is 5.84. The van der Waals surface area contributed by atoms with Crippen LogP contribution in [0.25, 0.3) is 11.1 Å². The number of rotatable bonds is 7. The first-order valence-electron chi connectivity index (χ1n) is 8.79. The fraction of sp³-hybridized carbons (Fsp3) is 0.182. The van der Waals surface area contributed by atoms with Gasteiger partial charge in [-0.1, -0.05) is 36.4 Å². The number of nitrogens with zero attached hydrogens (tertiary/aromatic N) is 1. The summed E-state index contributed by atoms with van der Waals surface area (Å²) in [5, 5.41) is 3.53. The predicted octanol–water partition coefficient (Wildman–Crippen LogP) is 3.71. The molecule has 0 unspecified atom stereocenters. The van der Waals surface area contributed by atoms with E-state index < -0.39 is 5.91 Å². The number of nitrogens with two attached hydrogens (primary N) is 1. The number of nitrogens with one attached hydrogen (secondary N) is 1. The first-order valence-corrected chi connectivity index (χ1v) is 8.79. The lowest BCUT2D eigenvalue weighted by atomic mass is 10.0. The Hall–Kier alpha value is -3.18. The number of hydrogen-bond acceptors (Lipinski definition) is 4. The van der Waals surface area contributed by atoms with Crippen molar-refractivity contribution in [2.75, 3.05) is 7.11 Å². The molecule has 0 aliphatic rings. The lowest BCUT2D eigenvalue weighted by molar-refractivity contribution is 0.1000. The highest BCUT2D eigenvalue weighted by Gasteiger charge is 2.11. The number of amides is 1. The fourth-order valence-electron chi connectivity index (χ4n) is 2.94. The molecule has 3 aromatic rings. The summed E-state index contributed by atoms with van der Waals surface area (Å²) in [6, 6.07) is 18.3. The van der Waals surface area contributed by atoms with E-state index in [0.29, 0.717) is 12.1 Å². The van der Waals surface area contributed by atoms with Gasteiger partial charge >= 0.3 is 0 Å². The zero-order chi connectivity index (χ0) is 19.2. The average molecular weight is 361 g/mol. The molecule has 0 saturated carbocycles. The molecule has 0 radical (unpaired) electrons. The molecule has 3 N–H and O–H groups in total. The third kappa shape index (κ3) is 4.51. The molecule has 5 heteroatoms. The van der Waals surface area contributed by atoms with Crippen LogP contribution in [0.1, 0.15) is 34.5 Å². The van der Waals surface area contributed by atoms with Gasteiger partial charge in [-0.2, -0.15) is 0 Å². The zero-order valence-corrected chi connectivity index (χ0v) is 15.5. The second-order valence-corrected chi connectivity index (χ2v) is 6.37. The van der Waals surface area contributed by atoms with Crippen LogP contribution in [0, 0.1) is 0 Å². The Morgan fingerprint density at radius 3 is 2.63 bits per heavy atom. The van der Waals surface area contributed by atoms with E-state index in [0.717, 1.165) is 22.4 Å². The van der Waals surface area contributed by atoms with Crippen molar-refractivity contribution in [3.63, 3.8) is 0 Å². The standard InChI is InChI=1S/C22H23N3O2/c1-15(17-6-4-3-5-7-17)25-12-16-8-9-21(27-2)20(10-16)18-11-19(22(23)26)14-24-13-18/h3-11,13-15,25H,12H2,1-2H3,(H2,23,26)/t15-/m1/s1. The van der Waals surface area contributed by atoms with E-state index in [1.807, 2.05) is 36.4 Å². The number of ether oxygens (including phenoxy) is 1. The lowest BCUT2D eigenvalue weighted by Crippen LogP contribution is -2.18. The normalized spacial score (nSPS) is 11.8. The third-order valence-corrected chi connectivity index (χ3v) is 4.51. The molecule has 0 fully saturated rings. The Morgan fingerprint density at radius 1 is 1.15 bits per heavy atom. The number of carbonyl (C=O) groups excluding carboxylic acids is 1. The van der Waals surface area contributed by atoms with E-state index in [-0.39, 0.29) is 6.04 Å². The van der Waals surface area contributed by atoms with Crippen LogP contribution < -0.4 is 15.8 Å². The van der Waals surface area contributed by atoms with Gasteiger partial charge < -0.3 is 15.8 Å². The van der Waals surface area contributed by atoms with Crippen LogP contribution in [-0.4, -0.2) is 18.0 Å². The molecule has 0 aliphatic carbocycles. The molecule has 2 aromatic carbocycles. The zero-order valence-electron chi connectivity index (χ0n) is 15.5. The maximum atomic E-state index is 11.5. The molecule has 0 bridgehead atoms. The molecule has 27 heavy (non-hydrogen) atoms. The van der Waals surface area contributed by atoms with Crippen LogP contribution in [0.15, 0.2) is 67.0 Å². The van der Waals surface area contributed by atoms with Gasteiger partial charge in [0.05, 0.1) is 12.7 Å². The van der Waals surface area contributed by atoms with Gasteiger partial charge in [-0.3, -0.25) is 9.78 Å². The Balaban J connectivity index is 1.83. The average Bonchev–Trinajstić information content (AvgIpc) is 2.72. The number of benzene rings is 2. The van der Waals surface area contributed by atoms with Crippen LogP contribution in [0.4, 0.5) is 0 Å². The Labute approximate surface area is 159 Å². The summed E-state index contributed by atoms with van der Waals surface area (Å²) in [5.74, 6) is 0.219. The van der Waals surface area contributed by atoms with Gasteiger partial charge in [0.15, 0.2) is 0 Å². The first-order chi connectivity index (χ1) is 13.1. The van der Waals surface area contributed by atoms with E-state index in [4.69, 9.17) is 10.5 Å². The van der Waals surface area contributed by atoms with Crippen molar-refractivity contribution in [2.45, 2.75) is 19.5 Å². The van der Waals surface area contributed by atoms with Gasteiger partial charge in [0, 0.05) is 36.1 Å². The number of hydrogen-bond donors (Lipinski definition) is 2. The molecule has 3 rings (SSSR count). The largest absolute Gasteiger partial charge is 0.496 e. The number of primary amides is 1. The summed E-state index contributed by atoms with van der Waals surface area (Å²) in [6.07, 6.45) is 3.17. The SMILES string of the molecule is COc1ccc(CN[C@H](C)c2ccccc2)cc1-c1cncc(C(N)=O)c1. The predicted molar refractivity (Wildman–Crippen MR) is 106 cm³/mol. The van der Waals surface area contributed by atoms with E-state index >= 15 is 0 Å². The molecule has 0 saturated heterocycles. The molecule has 0 aliphatic heterocycles. The molecular weight excluding hydrogens is 338 g/mol. The highest BCUT2D eigenvalue weighted by Crippen LogP contribution is 2.31. The second-order valence-electron chi connectivity index (χ2n) is 6.37. The number of pyridine rings is 1. The highest BCUT2D eigenvalue weighted by molar-refractivity contribution is 5.93. The van der Waals surface area contributed by atoms with Crippen molar-refractivity contribution in [2.24, 2.45) is 5.73 Å². The van der Waals surface area contributed by atoms with E-state index in [2.05, 4.69) is 29.4 Å². The summed E-state index contributed by atoms with van der Waals surface area (Å²) in [7, 11) is 1.62. The van der Waals surface area contributed by atoms with Gasteiger partial charge in [0.2, 0.25) is 5.91 Å². The number of methoxy groups -OCH3 is 1. The van der Waals surface area contributed by atoms with Gasteiger partial charge in [-0.05, 0) is 36.2 Å². The minimum absolute atomic E-state index is 0.233. The molecule has 1 atom stereocenters. The molecule has 0 spiro atoms. The van der Waals surface area contributed by atoms with Crippen LogP contribution >= 0.6 is 0 Å². The van der Waals surface area contributed by atoms with Crippen molar-refractivity contribution in [1.29, 1.82) is 0 Å². The second kappa shape index (κ2) is 8.47. The van der Waals surface area contributed by atoms with Gasteiger partial charge in [-0.25, -0.2) is 0 Å². The van der Waals surface area contributed by atoms with Gasteiger partial charge in [-0.15, -0.1) is 0 Å². The molecular formula is C22H23N3O2. The maximum Gasteiger partial charge on any atom is 0.250 e. The van der Waals surface area contributed by atoms with Crippen molar-refractivity contribution >= 4 is 5.91 Å². The summed E-state index contributed by atoms with van der Waals surface area (Å²) >= 11 is 0. The summed E-state index contributed by atoms with van der Waals surface area (Å²) in [6.45, 7) is 2.84. The Morgan fingerprint density at radius 2 is 1.93 bits per heavy atom. The van der Waals surface area contributed by atoms with E-state index in [1.54, 1.807) is 19.4 Å². The van der Waals surface area contributed by atoms with Gasteiger partial charge in [0.25, 0.3) is 0 Å². The molecule has 5 nitrogen and oxygen atoms in total. The highest BCUT2D eigenvalue weighted by atomic mass is 16.5. The van der Waals surface area contributed by atoms with E-state index in [1.165, 1.54) is 11.8 Å². The molecule has 138 valence electrons. The quantitative estimate of drug-likeness (QED) is 0.672. The number of aromatic nitrogens is 1. The van der Waals surface area contributed by atoms with E-state index in [9.17, 15) is 4.79 Å². The monoisotopic (exact) mass is 361 g/mol. The third-order valence-electron chi connectivity index (χ3n) is 4.51. The molecule has 1 amide bonds. The van der Waals surface area contributed by atoms with Crippen molar-refractivity contribution < 1.29 is 9.53 Å². The minimum Gasteiger partial charge on any atom is -0.496 e. The smallest absolute Gasteiger partial charge is 0.250 e. The van der Waals surface area contributed by atoms with Crippen molar-refractivity contribution in [3.05, 3.63) is 83.7 Å². The van der Waals surface area contributed by atoms with Crippen molar-refractivity contribution in [1.82, 2.24) is 10.3 Å². The first kappa shape index (κ1) is 18.6. The summed E-state index contributed by atoms with van der Waals surface area (Å²) in [5.41, 5.74) is 9.77. The van der Waals surface area contributed by atoms with Gasteiger partial charge in [0.1, 0.15) is 5.75 Å². The molecule has 1 heterocycles. The fourth-order valence-corrected chi connectivity index (χ4v) is 2.94. The Bertz CT molecular complexity index is 926. The minimum atomic E-state index is -0.502. The van der Waals surface area contributed by atoms with Crippen LogP contribution in [0.5, 0.6) is 5.75 Å². The molecule has 1 aromatic heterocycles. The maximum absolute atomic E-state index is 11.5. The van der Waals surface area contributed by atoms with Crippen LogP contribution in [0.3, 0.4) is 0 Å². The topological polar surface area (TPSA) is 77.2 Å². The number of carbonyl (C=O) groups is 1. The summed E-state index contributed by atoms with van der Waals surface area (Å²) in [4.78, 5) is 15.6. The van der Waals surface area contributed by atoms with Crippen LogP contribution in [0.2, 0.25) is 0 Å². The van der Waals surface area contributed by atoms with Crippen LogP contribution in [-0.2, 0) is 6.54 Å². The lowest BCUT2D eigenvalue weighted by Gasteiger charge is -2.16.